The Morgan fingerprint density at radius 2 is 2.05 bits per heavy atom. The molecule has 1 aliphatic rings. The molecule has 0 saturated heterocycles. The van der Waals surface area contributed by atoms with Crippen LogP contribution in [0.2, 0.25) is 0 Å². The van der Waals surface area contributed by atoms with E-state index in [1.54, 1.807) is 0 Å². The summed E-state index contributed by atoms with van der Waals surface area (Å²) in [6.45, 7) is 2.11. The number of hydrogen-bond donors (Lipinski definition) is 3. The first-order valence-corrected chi connectivity index (χ1v) is 7.30. The maximum absolute atomic E-state index is 11.8. The Kier molecular flexibility index (Phi) is 7.26. The number of methoxy groups -OCH3 is 1. The quantitative estimate of drug-likeness (QED) is 0.522. The van der Waals surface area contributed by atoms with Crippen molar-refractivity contribution in [1.29, 1.82) is 0 Å². The van der Waals surface area contributed by atoms with Crippen molar-refractivity contribution in [3.8, 4) is 0 Å². The number of carbonyl (C=O) groups excluding carboxylic acids is 2. The van der Waals surface area contributed by atoms with Crippen molar-refractivity contribution in [2.45, 2.75) is 50.8 Å². The normalized spacial score (nSPS) is 23.6. The maximum Gasteiger partial charge on any atom is 0.330 e. The minimum absolute atomic E-state index is 0.0183. The molecule has 8 nitrogen and oxygen atoms in total. The van der Waals surface area contributed by atoms with E-state index in [-0.39, 0.29) is 12.7 Å². The molecule has 4 atom stereocenters. The molecule has 0 spiro atoms. The van der Waals surface area contributed by atoms with E-state index in [4.69, 9.17) is 15.6 Å². The monoisotopic (exact) mass is 316 g/mol. The Morgan fingerprint density at radius 1 is 1.36 bits per heavy atom. The van der Waals surface area contributed by atoms with Gasteiger partial charge in [-0.1, -0.05) is 6.92 Å². The average Bonchev–Trinajstić information content (AvgIpc) is 2.87. The standard InChI is InChI=1S/C14H24N2O6/c1-8-3-4-9(5-8)22-7-11(14(20)21-2)16-13(19)10(15)6-12(17)18/h8-11H,3-7,15H2,1-2H3,(H,16,19)(H,17,18)/t8?,9?,10-,11-/m0/s1. The van der Waals surface area contributed by atoms with Crippen molar-refractivity contribution in [2.75, 3.05) is 13.7 Å². The fourth-order valence-corrected chi connectivity index (χ4v) is 2.41. The molecular weight excluding hydrogens is 292 g/mol. The molecule has 0 aliphatic heterocycles. The minimum atomic E-state index is -1.23. The molecule has 0 bridgehead atoms. The molecule has 22 heavy (non-hydrogen) atoms. The predicted octanol–water partition coefficient (Wildman–Crippen LogP) is -0.349. The number of hydrogen-bond acceptors (Lipinski definition) is 6. The van der Waals surface area contributed by atoms with Crippen molar-refractivity contribution in [1.82, 2.24) is 5.32 Å². The van der Waals surface area contributed by atoms with Gasteiger partial charge < -0.3 is 25.6 Å². The van der Waals surface area contributed by atoms with Crippen LogP contribution in [0.25, 0.3) is 0 Å². The summed E-state index contributed by atoms with van der Waals surface area (Å²) < 4.78 is 10.3. The summed E-state index contributed by atoms with van der Waals surface area (Å²) in [5, 5.41) is 11.0. The van der Waals surface area contributed by atoms with Gasteiger partial charge in [0.25, 0.3) is 0 Å². The number of rotatable bonds is 8. The molecule has 8 heteroatoms. The molecule has 1 saturated carbocycles. The molecule has 0 aromatic carbocycles. The molecule has 2 unspecified atom stereocenters. The van der Waals surface area contributed by atoms with Crippen LogP contribution in [-0.2, 0) is 23.9 Å². The number of carboxylic acid groups (broad SMARTS) is 1. The van der Waals surface area contributed by atoms with E-state index in [9.17, 15) is 14.4 Å². The van der Waals surface area contributed by atoms with Gasteiger partial charge in [0.15, 0.2) is 6.04 Å². The van der Waals surface area contributed by atoms with Crippen molar-refractivity contribution in [3.63, 3.8) is 0 Å². The number of nitrogens with one attached hydrogen (secondary N) is 1. The Balaban J connectivity index is 2.51. The third-order valence-electron chi connectivity index (χ3n) is 3.68. The van der Waals surface area contributed by atoms with E-state index >= 15 is 0 Å². The van der Waals surface area contributed by atoms with Crippen LogP contribution in [0.5, 0.6) is 0 Å². The van der Waals surface area contributed by atoms with Crippen LogP contribution in [-0.4, -0.2) is 54.9 Å². The van der Waals surface area contributed by atoms with Gasteiger partial charge in [0.2, 0.25) is 5.91 Å². The van der Waals surface area contributed by atoms with Gasteiger partial charge in [0, 0.05) is 0 Å². The molecule has 1 fully saturated rings. The highest BCUT2D eigenvalue weighted by atomic mass is 16.5. The summed E-state index contributed by atoms with van der Waals surface area (Å²) >= 11 is 0. The van der Waals surface area contributed by atoms with E-state index in [2.05, 4.69) is 17.0 Å². The van der Waals surface area contributed by atoms with Crippen LogP contribution in [0.3, 0.4) is 0 Å². The molecule has 0 aromatic heterocycles. The fraction of sp³-hybridized carbons (Fsp3) is 0.786. The van der Waals surface area contributed by atoms with Crippen LogP contribution >= 0.6 is 0 Å². The number of aliphatic carboxylic acids is 1. The lowest BCUT2D eigenvalue weighted by Crippen LogP contribution is -2.51. The van der Waals surface area contributed by atoms with Crippen molar-refractivity contribution in [3.05, 3.63) is 0 Å². The van der Waals surface area contributed by atoms with E-state index in [1.807, 2.05) is 0 Å². The average molecular weight is 316 g/mol. The lowest BCUT2D eigenvalue weighted by atomic mass is 10.1. The molecular formula is C14H24N2O6. The van der Waals surface area contributed by atoms with Gasteiger partial charge in [0.05, 0.1) is 32.3 Å². The van der Waals surface area contributed by atoms with Gasteiger partial charge in [-0.05, 0) is 25.2 Å². The van der Waals surface area contributed by atoms with Crippen LogP contribution in [0, 0.1) is 5.92 Å². The maximum atomic E-state index is 11.8. The van der Waals surface area contributed by atoms with Gasteiger partial charge in [-0.3, -0.25) is 9.59 Å². The summed E-state index contributed by atoms with van der Waals surface area (Å²) in [4.78, 5) is 34.0. The molecule has 0 radical (unpaired) electrons. The molecule has 0 heterocycles. The second-order valence-corrected chi connectivity index (χ2v) is 5.66. The molecule has 4 N–H and O–H groups in total. The topological polar surface area (TPSA) is 128 Å². The Morgan fingerprint density at radius 3 is 2.55 bits per heavy atom. The van der Waals surface area contributed by atoms with Crippen LogP contribution in [0.15, 0.2) is 0 Å². The van der Waals surface area contributed by atoms with E-state index in [0.29, 0.717) is 5.92 Å². The van der Waals surface area contributed by atoms with Crippen LogP contribution < -0.4 is 11.1 Å². The van der Waals surface area contributed by atoms with Gasteiger partial charge in [0.1, 0.15) is 0 Å². The van der Waals surface area contributed by atoms with Crippen molar-refractivity contribution in [2.24, 2.45) is 11.7 Å². The third kappa shape index (κ3) is 5.98. The summed E-state index contributed by atoms with van der Waals surface area (Å²) in [7, 11) is 1.20. The lowest BCUT2D eigenvalue weighted by molar-refractivity contribution is -0.148. The van der Waals surface area contributed by atoms with E-state index in [0.717, 1.165) is 19.3 Å². The zero-order valence-electron chi connectivity index (χ0n) is 12.9. The summed E-state index contributed by atoms with van der Waals surface area (Å²) in [5.41, 5.74) is 5.46. The Labute approximate surface area is 129 Å². The van der Waals surface area contributed by atoms with Gasteiger partial charge >= 0.3 is 11.9 Å². The number of amides is 1. The first-order valence-electron chi connectivity index (χ1n) is 7.30. The number of esters is 1. The summed E-state index contributed by atoms with van der Waals surface area (Å²) in [6, 6.07) is -2.22. The SMILES string of the molecule is COC(=O)[C@H](COC1CCC(C)C1)NC(=O)[C@@H](N)CC(=O)O. The fourth-order valence-electron chi connectivity index (χ4n) is 2.41. The molecule has 1 aliphatic carbocycles. The van der Waals surface area contributed by atoms with Crippen LogP contribution in [0.4, 0.5) is 0 Å². The first-order chi connectivity index (χ1) is 10.3. The number of carboxylic acids is 1. The van der Waals surface area contributed by atoms with Crippen LogP contribution in [0.1, 0.15) is 32.6 Å². The van der Waals surface area contributed by atoms with Gasteiger partial charge in [-0.15, -0.1) is 0 Å². The highest BCUT2D eigenvalue weighted by Crippen LogP contribution is 2.27. The van der Waals surface area contributed by atoms with Gasteiger partial charge in [-0.2, -0.15) is 0 Å². The zero-order chi connectivity index (χ0) is 16.7. The minimum Gasteiger partial charge on any atom is -0.481 e. The van der Waals surface area contributed by atoms with E-state index in [1.165, 1.54) is 7.11 Å². The Hall–Kier alpha value is -1.67. The lowest BCUT2D eigenvalue weighted by Gasteiger charge is -2.20. The van der Waals surface area contributed by atoms with Crippen molar-refractivity contribution >= 4 is 17.8 Å². The molecule has 1 rings (SSSR count). The smallest absolute Gasteiger partial charge is 0.330 e. The number of ether oxygens (including phenoxy) is 2. The third-order valence-corrected chi connectivity index (χ3v) is 3.68. The Bertz CT molecular complexity index is 414. The van der Waals surface area contributed by atoms with E-state index < -0.39 is 36.4 Å². The molecule has 126 valence electrons. The highest BCUT2D eigenvalue weighted by Gasteiger charge is 2.28. The van der Waals surface area contributed by atoms with Gasteiger partial charge in [-0.25, -0.2) is 4.79 Å². The molecule has 0 aromatic rings. The highest BCUT2D eigenvalue weighted by molar-refractivity contribution is 5.89. The second kappa shape index (κ2) is 8.70. The zero-order valence-corrected chi connectivity index (χ0v) is 12.9. The largest absolute Gasteiger partial charge is 0.481 e. The van der Waals surface area contributed by atoms with Crippen molar-refractivity contribution < 1.29 is 29.0 Å². The summed E-state index contributed by atoms with van der Waals surface area (Å²) in [5.74, 6) is -1.98. The molecule has 1 amide bonds. The number of nitrogens with two attached hydrogens (primary N) is 1. The summed E-state index contributed by atoms with van der Waals surface area (Å²) in [6.07, 6.45) is 2.46. The number of carbonyl (C=O) groups is 3. The predicted molar refractivity (Wildman–Crippen MR) is 76.9 cm³/mol. The second-order valence-electron chi connectivity index (χ2n) is 5.66. The first kappa shape index (κ1) is 18.4.